The van der Waals surface area contributed by atoms with Gasteiger partial charge in [0.05, 0.1) is 0 Å². The third-order valence-electron chi connectivity index (χ3n) is 7.23. The normalized spacial score (nSPS) is 17.7. The number of hydrogen-bond donors (Lipinski definition) is 0. The number of aryl methyl sites for hydroxylation is 1. The molecule has 1 heterocycles. The van der Waals surface area contributed by atoms with Crippen molar-refractivity contribution in [2.24, 2.45) is 5.92 Å². The second-order valence-electron chi connectivity index (χ2n) is 11.0. The van der Waals surface area contributed by atoms with Gasteiger partial charge in [-0.2, -0.15) is 4.98 Å². The number of rotatable bonds is 7. The van der Waals surface area contributed by atoms with E-state index in [2.05, 4.69) is 111 Å². The first-order valence-corrected chi connectivity index (χ1v) is 12.6. The van der Waals surface area contributed by atoms with Gasteiger partial charge in [0.1, 0.15) is 0 Å². The smallest absolute Gasteiger partial charge is 0.250 e. The van der Waals surface area contributed by atoms with Crippen molar-refractivity contribution in [2.75, 3.05) is 14.1 Å². The first-order chi connectivity index (χ1) is 16.3. The Hall–Kier alpha value is -2.72. The van der Waals surface area contributed by atoms with Crippen molar-refractivity contribution in [1.29, 1.82) is 0 Å². The molecule has 0 amide bonds. The summed E-state index contributed by atoms with van der Waals surface area (Å²) in [6.07, 6.45) is 9.13. The molecule has 0 aliphatic heterocycles. The molecule has 0 N–H and O–H groups in total. The molecular weight excluding hydrogens is 418 g/mol. The Kier molecular flexibility index (Phi) is 7.67. The highest BCUT2D eigenvalue weighted by Crippen LogP contribution is 2.34. The topological polar surface area (TPSA) is 42.2 Å². The minimum atomic E-state index is 0.136. The van der Waals surface area contributed by atoms with E-state index in [4.69, 9.17) is 4.52 Å². The van der Waals surface area contributed by atoms with E-state index in [1.165, 1.54) is 36.0 Å². The summed E-state index contributed by atoms with van der Waals surface area (Å²) in [6, 6.07) is 20.0. The second-order valence-corrected chi connectivity index (χ2v) is 11.0. The maximum Gasteiger partial charge on any atom is 0.250 e. The standard InChI is InChI=1S/C30H39N3O/c1-30(2,3)26-18-16-25(17-19-26)29-31-28(34-32-29)21-23-11-14-24(15-12-23)27(33(4)5)20-13-22-9-7-6-8-10-22/h6-10,16-19,21,24,27H,11-15,20H2,1-5H3. The van der Waals surface area contributed by atoms with Crippen molar-refractivity contribution in [1.82, 2.24) is 15.0 Å². The predicted molar refractivity (Wildman–Crippen MR) is 141 cm³/mol. The number of nitrogens with zero attached hydrogens (tertiary/aromatic N) is 3. The summed E-state index contributed by atoms with van der Waals surface area (Å²) in [6.45, 7) is 6.66. The van der Waals surface area contributed by atoms with Gasteiger partial charge >= 0.3 is 0 Å². The van der Waals surface area contributed by atoms with Crippen LogP contribution in [0, 0.1) is 5.92 Å². The molecule has 1 aliphatic carbocycles. The molecular formula is C30H39N3O. The van der Waals surface area contributed by atoms with E-state index in [0.29, 0.717) is 17.8 Å². The summed E-state index contributed by atoms with van der Waals surface area (Å²) < 4.78 is 5.57. The zero-order chi connectivity index (χ0) is 24.1. The van der Waals surface area contributed by atoms with Crippen molar-refractivity contribution in [3.05, 3.63) is 77.2 Å². The van der Waals surface area contributed by atoms with Gasteiger partial charge in [0, 0.05) is 17.7 Å². The van der Waals surface area contributed by atoms with E-state index in [1.807, 2.05) is 0 Å². The fourth-order valence-electron chi connectivity index (χ4n) is 5.12. The van der Waals surface area contributed by atoms with Crippen LogP contribution in [0.1, 0.15) is 69.9 Å². The summed E-state index contributed by atoms with van der Waals surface area (Å²) in [5.74, 6) is 2.02. The Labute approximate surface area is 205 Å². The molecule has 1 saturated carbocycles. The molecule has 4 rings (SSSR count). The SMILES string of the molecule is CN(C)C(CCc1ccccc1)C1CCC(=Cc2nc(-c3ccc(C(C)(C)C)cc3)no2)CC1. The fourth-order valence-corrected chi connectivity index (χ4v) is 5.12. The third-order valence-corrected chi connectivity index (χ3v) is 7.23. The Morgan fingerprint density at radius 3 is 2.29 bits per heavy atom. The van der Waals surface area contributed by atoms with Crippen LogP contribution in [-0.4, -0.2) is 35.2 Å². The number of hydrogen-bond acceptors (Lipinski definition) is 4. The Morgan fingerprint density at radius 2 is 1.68 bits per heavy atom. The summed E-state index contributed by atoms with van der Waals surface area (Å²) >= 11 is 0. The highest BCUT2D eigenvalue weighted by molar-refractivity contribution is 5.57. The molecule has 2 aromatic carbocycles. The molecule has 3 aromatic rings. The lowest BCUT2D eigenvalue weighted by Gasteiger charge is -2.35. The minimum absolute atomic E-state index is 0.136. The average molecular weight is 458 g/mol. The van der Waals surface area contributed by atoms with Crippen LogP contribution < -0.4 is 0 Å². The molecule has 4 heteroatoms. The zero-order valence-corrected chi connectivity index (χ0v) is 21.4. The maximum atomic E-state index is 5.57. The largest absolute Gasteiger partial charge is 0.334 e. The summed E-state index contributed by atoms with van der Waals surface area (Å²) in [7, 11) is 4.46. The van der Waals surface area contributed by atoms with Gasteiger partial charge in [-0.3, -0.25) is 0 Å². The van der Waals surface area contributed by atoms with Crippen LogP contribution >= 0.6 is 0 Å². The molecule has 0 saturated heterocycles. The zero-order valence-electron chi connectivity index (χ0n) is 21.4. The van der Waals surface area contributed by atoms with Gasteiger partial charge in [-0.1, -0.05) is 86.1 Å². The first kappa shape index (κ1) is 24.4. The molecule has 0 spiro atoms. The van der Waals surface area contributed by atoms with Crippen molar-refractivity contribution >= 4 is 6.08 Å². The predicted octanol–water partition coefficient (Wildman–Crippen LogP) is 7.17. The first-order valence-electron chi connectivity index (χ1n) is 12.6. The van der Waals surface area contributed by atoms with Crippen LogP contribution in [0.4, 0.5) is 0 Å². The molecule has 1 aromatic heterocycles. The van der Waals surface area contributed by atoms with E-state index >= 15 is 0 Å². The Bertz CT molecular complexity index is 1060. The van der Waals surface area contributed by atoms with Crippen LogP contribution in [-0.2, 0) is 11.8 Å². The number of allylic oxidation sites excluding steroid dienone is 1. The molecule has 1 fully saturated rings. The van der Waals surface area contributed by atoms with Crippen molar-refractivity contribution in [2.45, 2.75) is 70.8 Å². The molecule has 34 heavy (non-hydrogen) atoms. The lowest BCUT2D eigenvalue weighted by molar-refractivity contribution is 0.172. The molecule has 1 atom stereocenters. The molecule has 180 valence electrons. The van der Waals surface area contributed by atoms with Gasteiger partial charge in [0.25, 0.3) is 5.89 Å². The number of benzene rings is 2. The fraction of sp³-hybridized carbons (Fsp3) is 0.467. The van der Waals surface area contributed by atoms with Gasteiger partial charge in [-0.05, 0) is 75.1 Å². The molecule has 0 radical (unpaired) electrons. The lowest BCUT2D eigenvalue weighted by Crippen LogP contribution is -2.37. The van der Waals surface area contributed by atoms with Crippen LogP contribution in [0.5, 0.6) is 0 Å². The van der Waals surface area contributed by atoms with Crippen LogP contribution in [0.15, 0.2) is 64.7 Å². The number of aromatic nitrogens is 2. The summed E-state index contributed by atoms with van der Waals surface area (Å²) in [5.41, 5.74) is 5.30. The average Bonchev–Trinajstić information content (AvgIpc) is 3.29. The monoisotopic (exact) mass is 457 g/mol. The van der Waals surface area contributed by atoms with Crippen LogP contribution in [0.3, 0.4) is 0 Å². The van der Waals surface area contributed by atoms with Gasteiger partial charge < -0.3 is 9.42 Å². The van der Waals surface area contributed by atoms with E-state index in [0.717, 1.165) is 30.7 Å². The van der Waals surface area contributed by atoms with E-state index in [1.54, 1.807) is 0 Å². The van der Waals surface area contributed by atoms with E-state index < -0.39 is 0 Å². The second kappa shape index (κ2) is 10.7. The molecule has 0 bridgehead atoms. The Morgan fingerprint density at radius 1 is 1.00 bits per heavy atom. The summed E-state index contributed by atoms with van der Waals surface area (Å²) in [4.78, 5) is 7.08. The molecule has 1 aliphatic rings. The summed E-state index contributed by atoms with van der Waals surface area (Å²) in [5, 5.41) is 4.23. The minimum Gasteiger partial charge on any atom is -0.334 e. The van der Waals surface area contributed by atoms with Gasteiger partial charge in [-0.15, -0.1) is 0 Å². The van der Waals surface area contributed by atoms with Crippen molar-refractivity contribution in [3.63, 3.8) is 0 Å². The molecule has 4 nitrogen and oxygen atoms in total. The van der Waals surface area contributed by atoms with Gasteiger partial charge in [0.15, 0.2) is 0 Å². The van der Waals surface area contributed by atoms with E-state index in [9.17, 15) is 0 Å². The van der Waals surface area contributed by atoms with Gasteiger partial charge in [0.2, 0.25) is 5.82 Å². The highest BCUT2D eigenvalue weighted by Gasteiger charge is 2.27. The lowest BCUT2D eigenvalue weighted by atomic mass is 9.79. The van der Waals surface area contributed by atoms with E-state index in [-0.39, 0.29) is 5.41 Å². The van der Waals surface area contributed by atoms with Crippen molar-refractivity contribution < 1.29 is 4.52 Å². The van der Waals surface area contributed by atoms with Crippen LogP contribution in [0.2, 0.25) is 0 Å². The Balaban J connectivity index is 1.35. The van der Waals surface area contributed by atoms with Gasteiger partial charge in [-0.25, -0.2) is 0 Å². The quantitative estimate of drug-likeness (QED) is 0.377. The molecule has 1 unspecified atom stereocenters. The third kappa shape index (κ3) is 6.24. The van der Waals surface area contributed by atoms with Crippen LogP contribution in [0.25, 0.3) is 17.5 Å². The highest BCUT2D eigenvalue weighted by atomic mass is 16.5. The maximum absolute atomic E-state index is 5.57. The van der Waals surface area contributed by atoms with Crippen molar-refractivity contribution in [3.8, 4) is 11.4 Å².